The van der Waals surface area contributed by atoms with Gasteiger partial charge in [0.2, 0.25) is 0 Å². The maximum absolute atomic E-state index is 13.0. The Balaban J connectivity index is 1.17. The molecule has 5 fully saturated rings. The van der Waals surface area contributed by atoms with Crippen LogP contribution in [-0.4, -0.2) is 48.0 Å². The third-order valence-corrected chi connectivity index (χ3v) is 9.92. The Labute approximate surface area is 223 Å². The second-order valence-electron chi connectivity index (χ2n) is 11.9. The molecule has 5 aliphatic rings. The summed E-state index contributed by atoms with van der Waals surface area (Å²) in [5.41, 5.74) is 2.48. The van der Waals surface area contributed by atoms with Crippen molar-refractivity contribution >= 4 is 34.6 Å². The largest absolute Gasteiger partial charge is 0.376 e. The molecule has 0 aromatic heterocycles. The van der Waals surface area contributed by atoms with Crippen molar-refractivity contribution in [3.8, 4) is 0 Å². The third-order valence-electron chi connectivity index (χ3n) is 9.59. The lowest BCUT2D eigenvalue weighted by molar-refractivity contribution is -0.384. The van der Waals surface area contributed by atoms with E-state index in [9.17, 15) is 14.9 Å². The van der Waals surface area contributed by atoms with E-state index in [1.807, 2.05) is 29.2 Å². The van der Waals surface area contributed by atoms with E-state index in [1.54, 1.807) is 18.2 Å². The van der Waals surface area contributed by atoms with Gasteiger partial charge < -0.3 is 15.1 Å². The molecule has 2 aromatic carbocycles. The van der Waals surface area contributed by atoms with E-state index in [1.165, 1.54) is 38.5 Å². The van der Waals surface area contributed by atoms with Gasteiger partial charge in [-0.2, -0.15) is 0 Å². The Bertz CT molecular complexity index is 1170. The average molecular weight is 523 g/mol. The van der Waals surface area contributed by atoms with Crippen LogP contribution in [0.5, 0.6) is 0 Å². The van der Waals surface area contributed by atoms with Gasteiger partial charge in [0.15, 0.2) is 0 Å². The van der Waals surface area contributed by atoms with Crippen LogP contribution >= 0.6 is 11.6 Å². The molecule has 0 unspecified atom stereocenters. The van der Waals surface area contributed by atoms with Crippen molar-refractivity contribution in [2.45, 2.75) is 51.5 Å². The van der Waals surface area contributed by atoms with E-state index >= 15 is 0 Å². The molecule has 7 rings (SSSR count). The van der Waals surface area contributed by atoms with Gasteiger partial charge in [0, 0.05) is 44.0 Å². The molecule has 4 aliphatic carbocycles. The van der Waals surface area contributed by atoms with Crippen molar-refractivity contribution in [1.29, 1.82) is 0 Å². The number of carbonyl (C=O) groups excluding carboxylic acids is 1. The lowest BCUT2D eigenvalue weighted by Crippen LogP contribution is -2.53. The van der Waals surface area contributed by atoms with Crippen LogP contribution in [0, 0.1) is 33.3 Å². The summed E-state index contributed by atoms with van der Waals surface area (Å²) in [5.74, 6) is 2.45. The number of nitrogens with zero attached hydrogens (tertiary/aromatic N) is 3. The molecule has 196 valence electrons. The third kappa shape index (κ3) is 4.56. The molecule has 1 heterocycles. The zero-order valence-corrected chi connectivity index (χ0v) is 22.1. The van der Waals surface area contributed by atoms with Gasteiger partial charge in [-0.05, 0) is 92.9 Å². The lowest BCUT2D eigenvalue weighted by Gasteiger charge is -2.59. The fraction of sp³-hybridized carbons (Fsp3) is 0.552. The topological polar surface area (TPSA) is 78.7 Å². The Hall–Kier alpha value is -2.80. The molecule has 1 atom stereocenters. The van der Waals surface area contributed by atoms with Crippen LogP contribution in [0.4, 0.5) is 17.1 Å². The first-order chi connectivity index (χ1) is 17.8. The number of anilines is 2. The van der Waals surface area contributed by atoms with Crippen LogP contribution < -0.4 is 10.2 Å². The Morgan fingerprint density at radius 2 is 1.65 bits per heavy atom. The molecular formula is C29H35ClN4O3. The van der Waals surface area contributed by atoms with Crippen molar-refractivity contribution in [2.24, 2.45) is 23.2 Å². The summed E-state index contributed by atoms with van der Waals surface area (Å²) in [6.07, 6.45) is 7.90. The quantitative estimate of drug-likeness (QED) is 0.359. The molecule has 37 heavy (non-hydrogen) atoms. The predicted molar refractivity (Wildman–Crippen MR) is 146 cm³/mol. The Morgan fingerprint density at radius 1 is 1.03 bits per heavy atom. The molecule has 1 saturated heterocycles. The lowest BCUT2D eigenvalue weighted by atomic mass is 9.48. The fourth-order valence-electron chi connectivity index (χ4n) is 8.06. The van der Waals surface area contributed by atoms with Gasteiger partial charge in [-0.25, -0.2) is 0 Å². The normalized spacial score (nSPS) is 29.3. The maximum Gasteiger partial charge on any atom is 0.292 e. The van der Waals surface area contributed by atoms with E-state index in [0.29, 0.717) is 42.5 Å². The summed E-state index contributed by atoms with van der Waals surface area (Å²) in [5, 5.41) is 16.0. The van der Waals surface area contributed by atoms with Crippen LogP contribution in [0.2, 0.25) is 5.02 Å². The van der Waals surface area contributed by atoms with Gasteiger partial charge in [-0.1, -0.05) is 23.7 Å². The van der Waals surface area contributed by atoms with Crippen LogP contribution in [0.3, 0.4) is 0 Å². The molecule has 1 amide bonds. The average Bonchev–Trinajstić information content (AvgIpc) is 2.88. The SMILES string of the molecule is C[C@@H](Nc1cc(N2CCN(C(=O)c3ccccc3Cl)CC2)ccc1[N+](=O)[O-])C12CC3CC(CC(C3)C1)C2. The summed E-state index contributed by atoms with van der Waals surface area (Å²) in [6, 6.07) is 12.7. The minimum Gasteiger partial charge on any atom is -0.376 e. The number of nitrogens with one attached hydrogen (secondary N) is 1. The predicted octanol–water partition coefficient (Wildman–Crippen LogP) is 6.23. The van der Waals surface area contributed by atoms with Crippen LogP contribution in [0.1, 0.15) is 55.8 Å². The Morgan fingerprint density at radius 3 is 2.24 bits per heavy atom. The molecular weight excluding hydrogens is 488 g/mol. The number of rotatable bonds is 6. The second kappa shape index (κ2) is 9.50. The number of piperazine rings is 1. The molecule has 1 N–H and O–H groups in total. The molecule has 7 nitrogen and oxygen atoms in total. The van der Waals surface area contributed by atoms with Gasteiger partial charge >= 0.3 is 0 Å². The van der Waals surface area contributed by atoms with Crippen LogP contribution in [0.25, 0.3) is 0 Å². The van der Waals surface area contributed by atoms with Gasteiger partial charge in [-0.3, -0.25) is 14.9 Å². The summed E-state index contributed by atoms with van der Waals surface area (Å²) in [4.78, 5) is 28.6. The highest BCUT2D eigenvalue weighted by Gasteiger charge is 2.53. The smallest absolute Gasteiger partial charge is 0.292 e. The van der Waals surface area contributed by atoms with Crippen LogP contribution in [0.15, 0.2) is 42.5 Å². The number of hydrogen-bond donors (Lipinski definition) is 1. The first kappa shape index (κ1) is 24.5. The fourth-order valence-corrected chi connectivity index (χ4v) is 8.28. The molecule has 4 bridgehead atoms. The molecule has 8 heteroatoms. The van der Waals surface area contributed by atoms with Gasteiger partial charge in [-0.15, -0.1) is 0 Å². The van der Waals surface area contributed by atoms with Gasteiger partial charge in [0.25, 0.3) is 11.6 Å². The molecule has 1 aliphatic heterocycles. The van der Waals surface area contributed by atoms with Crippen LogP contribution in [-0.2, 0) is 0 Å². The second-order valence-corrected chi connectivity index (χ2v) is 12.3. The number of benzene rings is 2. The highest BCUT2D eigenvalue weighted by Crippen LogP contribution is 2.61. The highest BCUT2D eigenvalue weighted by atomic mass is 35.5. The van der Waals surface area contributed by atoms with E-state index in [-0.39, 0.29) is 28.0 Å². The minimum atomic E-state index is -0.279. The number of carbonyl (C=O) groups is 1. The number of amides is 1. The molecule has 0 spiro atoms. The number of nitro benzene ring substituents is 1. The highest BCUT2D eigenvalue weighted by molar-refractivity contribution is 6.33. The number of nitro groups is 1. The summed E-state index contributed by atoms with van der Waals surface area (Å²) >= 11 is 6.24. The number of halogens is 1. The Kier molecular flexibility index (Phi) is 6.30. The van der Waals surface area contributed by atoms with Crippen molar-refractivity contribution in [3.05, 3.63) is 63.2 Å². The zero-order chi connectivity index (χ0) is 25.7. The standard InChI is InChI=1S/C29H35ClN4O3/c1-19(29-16-20-12-21(17-29)14-22(13-20)18-29)31-26-15-23(6-7-27(26)34(36)37)32-8-10-33(11-9-32)28(35)24-4-2-3-5-25(24)30/h2-7,15,19-22,31H,8-14,16-18H2,1H3/t19-,20?,21?,22?,29?/m1/s1. The van der Waals surface area contributed by atoms with E-state index in [2.05, 4.69) is 17.1 Å². The summed E-state index contributed by atoms with van der Waals surface area (Å²) < 4.78 is 0. The summed E-state index contributed by atoms with van der Waals surface area (Å²) in [7, 11) is 0. The summed E-state index contributed by atoms with van der Waals surface area (Å²) in [6.45, 7) is 4.72. The van der Waals surface area contributed by atoms with Crippen molar-refractivity contribution in [1.82, 2.24) is 4.90 Å². The number of hydrogen-bond acceptors (Lipinski definition) is 5. The zero-order valence-electron chi connectivity index (χ0n) is 21.4. The van der Waals surface area contributed by atoms with Gasteiger partial charge in [0.1, 0.15) is 5.69 Å². The molecule has 2 aromatic rings. The first-order valence-corrected chi connectivity index (χ1v) is 14.0. The molecule has 4 saturated carbocycles. The minimum absolute atomic E-state index is 0.0549. The van der Waals surface area contributed by atoms with E-state index in [4.69, 9.17) is 11.6 Å². The van der Waals surface area contributed by atoms with E-state index < -0.39 is 0 Å². The molecule has 0 radical (unpaired) electrons. The first-order valence-electron chi connectivity index (χ1n) is 13.6. The maximum atomic E-state index is 13.0. The van der Waals surface area contributed by atoms with Crippen molar-refractivity contribution < 1.29 is 9.72 Å². The van der Waals surface area contributed by atoms with E-state index in [0.717, 1.165) is 23.4 Å². The van der Waals surface area contributed by atoms with Crippen molar-refractivity contribution in [3.63, 3.8) is 0 Å². The van der Waals surface area contributed by atoms with Crippen molar-refractivity contribution in [2.75, 3.05) is 36.4 Å². The van der Waals surface area contributed by atoms with Gasteiger partial charge in [0.05, 0.1) is 15.5 Å². The monoisotopic (exact) mass is 522 g/mol.